The van der Waals surface area contributed by atoms with Crippen molar-refractivity contribution in [3.05, 3.63) is 34.8 Å². The van der Waals surface area contributed by atoms with Crippen LogP contribution >= 0.6 is 11.3 Å². The molecule has 7 heteroatoms. The van der Waals surface area contributed by atoms with Crippen molar-refractivity contribution in [2.24, 2.45) is 5.92 Å². The lowest BCUT2D eigenvalue weighted by molar-refractivity contribution is 0.102. The molecular weight excluding hydrogens is 267 g/mol. The van der Waals surface area contributed by atoms with Crippen molar-refractivity contribution in [3.8, 4) is 0 Å². The summed E-state index contributed by atoms with van der Waals surface area (Å²) in [5.74, 6) is -0.510. The molecule has 1 N–H and O–H groups in total. The second-order valence-corrected chi connectivity index (χ2v) is 5.48. The molecule has 2 aromatic rings. The number of halogens is 1. The Balaban J connectivity index is 2.02. The molecule has 0 fully saturated rings. The molecule has 2 rings (SSSR count). The van der Waals surface area contributed by atoms with Crippen molar-refractivity contribution in [1.29, 1.82) is 0 Å². The molecule has 0 unspecified atom stereocenters. The van der Waals surface area contributed by atoms with E-state index in [-0.39, 0.29) is 11.5 Å². The molecule has 19 heavy (non-hydrogen) atoms. The second-order valence-electron chi connectivity index (χ2n) is 4.42. The van der Waals surface area contributed by atoms with Crippen LogP contribution in [0.5, 0.6) is 0 Å². The van der Waals surface area contributed by atoms with E-state index in [0.717, 1.165) is 17.5 Å². The smallest absolute Gasteiger partial charge is 0.259 e. The minimum atomic E-state index is -0.619. The molecule has 0 aromatic carbocycles. The Bertz CT molecular complexity index is 567. The molecule has 0 saturated heterocycles. The molecule has 100 valence electrons. The molecule has 0 atom stereocenters. The second kappa shape index (κ2) is 5.83. The molecule has 0 aliphatic carbocycles. The van der Waals surface area contributed by atoms with Crippen LogP contribution in [-0.2, 0) is 6.42 Å². The van der Waals surface area contributed by atoms with E-state index < -0.39 is 5.95 Å². The van der Waals surface area contributed by atoms with Crippen molar-refractivity contribution >= 4 is 22.4 Å². The fourth-order valence-electron chi connectivity index (χ4n) is 1.42. The Hall–Kier alpha value is -1.89. The van der Waals surface area contributed by atoms with Gasteiger partial charge >= 0.3 is 0 Å². The van der Waals surface area contributed by atoms with Crippen LogP contribution in [0.25, 0.3) is 0 Å². The summed E-state index contributed by atoms with van der Waals surface area (Å²) in [7, 11) is 0. The van der Waals surface area contributed by atoms with Crippen LogP contribution in [0, 0.1) is 11.9 Å². The maximum atomic E-state index is 12.6. The van der Waals surface area contributed by atoms with Crippen LogP contribution < -0.4 is 5.32 Å². The molecule has 2 heterocycles. The summed E-state index contributed by atoms with van der Waals surface area (Å²) in [6.07, 6.45) is 2.01. The van der Waals surface area contributed by atoms with Gasteiger partial charge in [0.15, 0.2) is 0 Å². The normalized spacial score (nSPS) is 10.7. The van der Waals surface area contributed by atoms with Gasteiger partial charge in [0.25, 0.3) is 5.91 Å². The maximum Gasteiger partial charge on any atom is 0.259 e. The van der Waals surface area contributed by atoms with Crippen LogP contribution in [-0.4, -0.2) is 21.1 Å². The standard InChI is InChI=1S/C12H13FN4OS/c1-7(2)5-10-16-17-12(19-10)15-11(18)8-3-4-9(13)14-6-8/h3-4,6-7H,5H2,1-2H3,(H,15,17,18). The summed E-state index contributed by atoms with van der Waals surface area (Å²) < 4.78 is 12.6. The summed E-state index contributed by atoms with van der Waals surface area (Å²) in [6, 6.07) is 2.51. The molecule has 0 bridgehead atoms. The van der Waals surface area contributed by atoms with Crippen LogP contribution in [0.1, 0.15) is 29.2 Å². The number of carbonyl (C=O) groups excluding carboxylic acids is 1. The zero-order valence-electron chi connectivity index (χ0n) is 10.6. The number of hydrogen-bond acceptors (Lipinski definition) is 5. The van der Waals surface area contributed by atoms with E-state index in [9.17, 15) is 9.18 Å². The number of nitrogens with zero attached hydrogens (tertiary/aromatic N) is 3. The first-order chi connectivity index (χ1) is 9.04. The summed E-state index contributed by atoms with van der Waals surface area (Å²) in [5.41, 5.74) is 0.280. The molecule has 0 radical (unpaired) electrons. The lowest BCUT2D eigenvalue weighted by Crippen LogP contribution is -2.12. The lowest BCUT2D eigenvalue weighted by Gasteiger charge is -2.00. The number of rotatable bonds is 4. The van der Waals surface area contributed by atoms with Gasteiger partial charge in [0.05, 0.1) is 5.56 Å². The van der Waals surface area contributed by atoms with Crippen molar-refractivity contribution in [2.45, 2.75) is 20.3 Å². The Morgan fingerprint density at radius 3 is 2.84 bits per heavy atom. The van der Waals surface area contributed by atoms with E-state index in [1.54, 1.807) is 0 Å². The zero-order valence-corrected chi connectivity index (χ0v) is 11.4. The minimum absolute atomic E-state index is 0.280. The largest absolute Gasteiger partial charge is 0.296 e. The first-order valence-corrected chi connectivity index (χ1v) is 6.61. The van der Waals surface area contributed by atoms with Crippen LogP contribution in [0.15, 0.2) is 18.3 Å². The third-order valence-electron chi connectivity index (χ3n) is 2.26. The van der Waals surface area contributed by atoms with E-state index in [0.29, 0.717) is 11.0 Å². The van der Waals surface area contributed by atoms with Gasteiger partial charge in [0, 0.05) is 12.6 Å². The monoisotopic (exact) mass is 280 g/mol. The lowest BCUT2D eigenvalue weighted by atomic mass is 10.1. The quantitative estimate of drug-likeness (QED) is 0.874. The highest BCUT2D eigenvalue weighted by Gasteiger charge is 2.11. The molecular formula is C12H13FN4OS. The first kappa shape index (κ1) is 13.5. The fourth-order valence-corrected chi connectivity index (χ4v) is 2.36. The SMILES string of the molecule is CC(C)Cc1nnc(NC(=O)c2ccc(F)nc2)s1. The molecule has 5 nitrogen and oxygen atoms in total. The Morgan fingerprint density at radius 2 is 2.21 bits per heavy atom. The number of hydrogen-bond donors (Lipinski definition) is 1. The van der Waals surface area contributed by atoms with Gasteiger partial charge in [-0.15, -0.1) is 10.2 Å². The van der Waals surface area contributed by atoms with Crippen LogP contribution in [0.4, 0.5) is 9.52 Å². The molecule has 0 saturated carbocycles. The van der Waals surface area contributed by atoms with Gasteiger partial charge in [0.1, 0.15) is 5.01 Å². The highest BCUT2D eigenvalue weighted by atomic mass is 32.1. The third-order valence-corrected chi connectivity index (χ3v) is 3.12. The maximum absolute atomic E-state index is 12.6. The van der Waals surface area contributed by atoms with Gasteiger partial charge in [-0.25, -0.2) is 4.98 Å². The number of amides is 1. The summed E-state index contributed by atoms with van der Waals surface area (Å²) in [6.45, 7) is 4.17. The van der Waals surface area contributed by atoms with Crippen molar-refractivity contribution in [3.63, 3.8) is 0 Å². The van der Waals surface area contributed by atoms with Gasteiger partial charge in [-0.1, -0.05) is 25.2 Å². The van der Waals surface area contributed by atoms with Gasteiger partial charge < -0.3 is 0 Å². The van der Waals surface area contributed by atoms with E-state index >= 15 is 0 Å². The van der Waals surface area contributed by atoms with Crippen LogP contribution in [0.2, 0.25) is 0 Å². The highest BCUT2D eigenvalue weighted by molar-refractivity contribution is 7.15. The molecule has 0 aliphatic heterocycles. The van der Waals surface area contributed by atoms with Gasteiger partial charge in [-0.2, -0.15) is 4.39 Å². The van der Waals surface area contributed by atoms with E-state index in [2.05, 4.69) is 34.3 Å². The summed E-state index contributed by atoms with van der Waals surface area (Å²) in [4.78, 5) is 15.2. The molecule has 1 amide bonds. The summed E-state index contributed by atoms with van der Waals surface area (Å²) in [5, 5.41) is 11.8. The van der Waals surface area contributed by atoms with Gasteiger partial charge in [-0.3, -0.25) is 10.1 Å². The Kier molecular flexibility index (Phi) is 4.16. The Morgan fingerprint density at radius 1 is 1.42 bits per heavy atom. The number of aromatic nitrogens is 3. The number of pyridine rings is 1. The molecule has 0 spiro atoms. The van der Waals surface area contributed by atoms with E-state index in [1.807, 2.05) is 0 Å². The zero-order chi connectivity index (χ0) is 13.8. The van der Waals surface area contributed by atoms with Crippen molar-refractivity contribution in [1.82, 2.24) is 15.2 Å². The van der Waals surface area contributed by atoms with Crippen LogP contribution in [0.3, 0.4) is 0 Å². The van der Waals surface area contributed by atoms with Gasteiger partial charge in [0.2, 0.25) is 11.1 Å². The minimum Gasteiger partial charge on any atom is -0.296 e. The predicted octanol–water partition coefficient (Wildman–Crippen LogP) is 2.52. The molecule has 2 aromatic heterocycles. The van der Waals surface area contributed by atoms with E-state index in [4.69, 9.17) is 0 Å². The average Bonchev–Trinajstić information content (AvgIpc) is 2.76. The fraction of sp³-hybridized carbons (Fsp3) is 0.333. The number of nitrogens with one attached hydrogen (secondary N) is 1. The average molecular weight is 280 g/mol. The first-order valence-electron chi connectivity index (χ1n) is 5.80. The predicted molar refractivity (Wildman–Crippen MR) is 70.6 cm³/mol. The highest BCUT2D eigenvalue weighted by Crippen LogP contribution is 2.18. The summed E-state index contributed by atoms with van der Waals surface area (Å²) >= 11 is 1.34. The third kappa shape index (κ3) is 3.78. The number of anilines is 1. The molecule has 0 aliphatic rings. The van der Waals surface area contributed by atoms with Gasteiger partial charge in [-0.05, 0) is 18.1 Å². The van der Waals surface area contributed by atoms with E-state index in [1.165, 1.54) is 23.6 Å². The van der Waals surface area contributed by atoms with Crippen molar-refractivity contribution < 1.29 is 9.18 Å². The van der Waals surface area contributed by atoms with Crippen molar-refractivity contribution in [2.75, 3.05) is 5.32 Å². The topological polar surface area (TPSA) is 67.8 Å². The Labute approximate surface area is 113 Å². The number of carbonyl (C=O) groups is 1.